The highest BCUT2D eigenvalue weighted by molar-refractivity contribution is 7.80. The van der Waals surface area contributed by atoms with Gasteiger partial charge in [-0.3, -0.25) is 15.6 Å². The van der Waals surface area contributed by atoms with E-state index >= 15 is 0 Å². The van der Waals surface area contributed by atoms with E-state index in [0.29, 0.717) is 17.5 Å². The predicted octanol–water partition coefficient (Wildman–Crippen LogP) is 0.790. The van der Waals surface area contributed by atoms with E-state index in [-0.39, 0.29) is 18.4 Å². The van der Waals surface area contributed by atoms with E-state index in [1.54, 1.807) is 0 Å². The van der Waals surface area contributed by atoms with Gasteiger partial charge in [0.15, 0.2) is 5.11 Å². The first-order valence-corrected chi connectivity index (χ1v) is 8.39. The summed E-state index contributed by atoms with van der Waals surface area (Å²) in [7, 11) is 1.90. The highest BCUT2D eigenvalue weighted by atomic mass is 32.1. The van der Waals surface area contributed by atoms with Gasteiger partial charge in [0.25, 0.3) is 0 Å². The average molecular weight is 347 g/mol. The van der Waals surface area contributed by atoms with Gasteiger partial charge in [-0.15, -0.1) is 0 Å². The van der Waals surface area contributed by atoms with Crippen molar-refractivity contribution in [3.8, 4) is 0 Å². The molecule has 1 fully saturated rings. The molecule has 1 atom stereocenters. The summed E-state index contributed by atoms with van der Waals surface area (Å²) in [5.74, 6) is 0.503. The molecule has 1 aliphatic rings. The molecule has 24 heavy (non-hydrogen) atoms. The van der Waals surface area contributed by atoms with Crippen molar-refractivity contribution in [3.05, 3.63) is 30.1 Å². The van der Waals surface area contributed by atoms with Gasteiger partial charge in [-0.25, -0.2) is 4.98 Å². The highest BCUT2D eigenvalue weighted by Crippen LogP contribution is 2.14. The number of ether oxygens (including phenoxy) is 1. The van der Waals surface area contributed by atoms with Gasteiger partial charge in [-0.1, -0.05) is 12.1 Å². The van der Waals surface area contributed by atoms with Crippen LogP contribution in [0.2, 0.25) is 0 Å². The third kappa shape index (κ3) is 4.01. The van der Waals surface area contributed by atoms with Crippen molar-refractivity contribution >= 4 is 34.3 Å². The molecule has 0 bridgehead atoms. The van der Waals surface area contributed by atoms with Gasteiger partial charge in [0.1, 0.15) is 5.82 Å². The quantitative estimate of drug-likeness (QED) is 0.561. The third-order valence-corrected chi connectivity index (χ3v) is 4.27. The number of hydrogen-bond donors (Lipinski definition) is 3. The normalized spacial score (nSPS) is 17.0. The minimum atomic E-state index is -0.199. The lowest BCUT2D eigenvalue weighted by atomic mass is 10.2. The molecular weight excluding hydrogens is 326 g/mol. The first kappa shape index (κ1) is 16.7. The minimum Gasteiger partial charge on any atom is -0.376 e. The van der Waals surface area contributed by atoms with Gasteiger partial charge in [0.05, 0.1) is 23.6 Å². The van der Waals surface area contributed by atoms with Gasteiger partial charge in [-0.05, 0) is 37.2 Å². The number of aromatic nitrogens is 2. The SMILES string of the molecule is Cn1c(CC(=O)NNC(=S)NCC2CCCO2)nc2ccccc21. The lowest BCUT2D eigenvalue weighted by molar-refractivity contribution is -0.121. The summed E-state index contributed by atoms with van der Waals surface area (Å²) < 4.78 is 7.42. The Bertz CT molecular complexity index is 739. The van der Waals surface area contributed by atoms with E-state index in [4.69, 9.17) is 17.0 Å². The number of aryl methyl sites for hydroxylation is 1. The molecular formula is C16H21N5O2S. The van der Waals surface area contributed by atoms with Gasteiger partial charge >= 0.3 is 0 Å². The summed E-state index contributed by atoms with van der Waals surface area (Å²) in [4.78, 5) is 16.5. The van der Waals surface area contributed by atoms with Crippen LogP contribution in [0.3, 0.4) is 0 Å². The fraction of sp³-hybridized carbons (Fsp3) is 0.438. The molecule has 3 N–H and O–H groups in total. The molecule has 128 valence electrons. The fourth-order valence-electron chi connectivity index (χ4n) is 2.72. The van der Waals surface area contributed by atoms with Crippen LogP contribution >= 0.6 is 12.2 Å². The molecule has 1 aliphatic heterocycles. The smallest absolute Gasteiger partial charge is 0.245 e. The van der Waals surface area contributed by atoms with Gasteiger partial charge in [0, 0.05) is 20.2 Å². The number of nitrogens with one attached hydrogen (secondary N) is 3. The molecule has 2 aromatic rings. The Balaban J connectivity index is 1.46. The largest absolute Gasteiger partial charge is 0.376 e. The second-order valence-corrected chi connectivity index (χ2v) is 6.18. The molecule has 3 rings (SSSR count). The standard InChI is InChI=1S/C16H21N5O2S/c1-21-13-7-3-2-6-12(13)18-14(21)9-15(22)19-20-16(24)17-10-11-5-4-8-23-11/h2-3,6-7,11H,4-5,8-10H2,1H3,(H,19,22)(H2,17,20,24). The van der Waals surface area contributed by atoms with Crippen molar-refractivity contribution in [3.63, 3.8) is 0 Å². The number of nitrogens with zero attached hydrogens (tertiary/aromatic N) is 2. The third-order valence-electron chi connectivity index (χ3n) is 4.03. The molecule has 0 spiro atoms. The van der Waals surface area contributed by atoms with Crippen molar-refractivity contribution in [1.29, 1.82) is 0 Å². The molecule has 0 saturated carbocycles. The molecule has 0 radical (unpaired) electrons. The Morgan fingerprint density at radius 3 is 3.00 bits per heavy atom. The van der Waals surface area contributed by atoms with Crippen LogP contribution in [0.25, 0.3) is 11.0 Å². The van der Waals surface area contributed by atoms with Crippen molar-refractivity contribution in [2.45, 2.75) is 25.4 Å². The Hall–Kier alpha value is -2.19. The molecule has 1 saturated heterocycles. The number of rotatable bonds is 4. The number of imidazole rings is 1. The number of carbonyl (C=O) groups is 1. The summed E-state index contributed by atoms with van der Waals surface area (Å²) >= 11 is 5.14. The first-order chi connectivity index (χ1) is 11.6. The lowest BCUT2D eigenvalue weighted by Crippen LogP contribution is -2.48. The maximum absolute atomic E-state index is 12.1. The van der Waals surface area contributed by atoms with Gasteiger partial charge in [-0.2, -0.15) is 0 Å². The maximum atomic E-state index is 12.1. The van der Waals surface area contributed by atoms with E-state index in [1.807, 2.05) is 35.9 Å². The Labute approximate surface area is 145 Å². The van der Waals surface area contributed by atoms with Crippen LogP contribution < -0.4 is 16.2 Å². The minimum absolute atomic E-state index is 0.173. The van der Waals surface area contributed by atoms with E-state index in [9.17, 15) is 4.79 Å². The van der Waals surface area contributed by atoms with Crippen molar-refractivity contribution in [1.82, 2.24) is 25.7 Å². The Kier molecular flexibility index (Phi) is 5.27. The number of hydrazine groups is 1. The molecule has 1 aromatic heterocycles. The lowest BCUT2D eigenvalue weighted by Gasteiger charge is -2.14. The summed E-state index contributed by atoms with van der Waals surface area (Å²) in [6.07, 6.45) is 2.49. The monoisotopic (exact) mass is 347 g/mol. The van der Waals surface area contributed by atoms with E-state index in [2.05, 4.69) is 21.2 Å². The topological polar surface area (TPSA) is 80.2 Å². The molecule has 7 nitrogen and oxygen atoms in total. The van der Waals surface area contributed by atoms with Crippen LogP contribution in [0.5, 0.6) is 0 Å². The molecule has 0 aliphatic carbocycles. The second kappa shape index (κ2) is 7.59. The van der Waals surface area contributed by atoms with Crippen LogP contribution in [0.4, 0.5) is 0 Å². The number of carbonyl (C=O) groups excluding carboxylic acids is 1. The average Bonchev–Trinajstić information content (AvgIpc) is 3.20. The number of hydrogen-bond acceptors (Lipinski definition) is 4. The van der Waals surface area contributed by atoms with Gasteiger partial charge < -0.3 is 14.6 Å². The first-order valence-electron chi connectivity index (χ1n) is 7.98. The second-order valence-electron chi connectivity index (χ2n) is 5.77. The zero-order valence-corrected chi connectivity index (χ0v) is 14.4. The fourth-order valence-corrected chi connectivity index (χ4v) is 2.86. The van der Waals surface area contributed by atoms with Crippen LogP contribution in [-0.2, 0) is 23.0 Å². The molecule has 1 unspecified atom stereocenters. The number of amides is 1. The Morgan fingerprint density at radius 1 is 1.42 bits per heavy atom. The summed E-state index contributed by atoms with van der Waals surface area (Å²) in [6, 6.07) is 7.79. The number of thiocarbonyl (C=S) groups is 1. The highest BCUT2D eigenvalue weighted by Gasteiger charge is 2.15. The molecule has 1 aromatic carbocycles. The van der Waals surface area contributed by atoms with Crippen LogP contribution in [0, 0.1) is 0 Å². The molecule has 8 heteroatoms. The summed E-state index contributed by atoms with van der Waals surface area (Å²) in [5.41, 5.74) is 7.18. The number of benzene rings is 1. The van der Waals surface area contributed by atoms with Crippen LogP contribution in [0.15, 0.2) is 24.3 Å². The van der Waals surface area contributed by atoms with E-state index < -0.39 is 0 Å². The zero-order chi connectivity index (χ0) is 16.9. The van der Waals surface area contributed by atoms with Crippen LogP contribution in [0.1, 0.15) is 18.7 Å². The summed E-state index contributed by atoms with van der Waals surface area (Å²) in [6.45, 7) is 1.45. The van der Waals surface area contributed by atoms with Crippen LogP contribution in [-0.4, -0.2) is 39.8 Å². The van der Waals surface area contributed by atoms with E-state index in [0.717, 1.165) is 30.5 Å². The molecule has 2 heterocycles. The maximum Gasteiger partial charge on any atom is 0.245 e. The summed E-state index contributed by atoms with van der Waals surface area (Å²) in [5, 5.41) is 3.42. The van der Waals surface area contributed by atoms with Crippen molar-refractivity contribution < 1.29 is 9.53 Å². The number of para-hydroxylation sites is 2. The number of fused-ring (bicyclic) bond motifs is 1. The predicted molar refractivity (Wildman–Crippen MR) is 95.3 cm³/mol. The molecule has 1 amide bonds. The van der Waals surface area contributed by atoms with Gasteiger partial charge in [0.2, 0.25) is 5.91 Å². The Morgan fingerprint density at radius 2 is 2.25 bits per heavy atom. The van der Waals surface area contributed by atoms with Crippen molar-refractivity contribution in [2.75, 3.05) is 13.2 Å². The zero-order valence-electron chi connectivity index (χ0n) is 13.5. The van der Waals surface area contributed by atoms with Crippen molar-refractivity contribution in [2.24, 2.45) is 7.05 Å². The van der Waals surface area contributed by atoms with E-state index in [1.165, 1.54) is 0 Å².